The highest BCUT2D eigenvalue weighted by atomic mass is 28.3. The van der Waals surface area contributed by atoms with Crippen molar-refractivity contribution in [3.8, 4) is 0 Å². The maximum absolute atomic E-state index is 11.6. The fourth-order valence-corrected chi connectivity index (χ4v) is 5.54. The molecular formula is C20H22O3Si. The van der Waals surface area contributed by atoms with Crippen LogP contribution in [0.4, 0.5) is 0 Å². The minimum atomic E-state index is -1.68. The minimum absolute atomic E-state index is 0.351. The molecule has 2 aromatic carbocycles. The first-order valence-electron chi connectivity index (χ1n) is 8.05. The number of aliphatic hydroxyl groups is 1. The number of hydrogen-bond acceptors (Lipinski definition) is 3. The van der Waals surface area contributed by atoms with E-state index in [0.29, 0.717) is 5.56 Å². The van der Waals surface area contributed by atoms with Crippen molar-refractivity contribution < 1.29 is 14.6 Å². The van der Waals surface area contributed by atoms with Gasteiger partial charge in [0, 0.05) is 0 Å². The van der Waals surface area contributed by atoms with Gasteiger partial charge in [0.2, 0.25) is 0 Å². The summed E-state index contributed by atoms with van der Waals surface area (Å²) in [4.78, 5) is 11.6. The summed E-state index contributed by atoms with van der Waals surface area (Å²) in [6, 6.07) is 15.4. The molecule has 3 rings (SSSR count). The molecule has 0 amide bonds. The molecule has 0 saturated carbocycles. The van der Waals surface area contributed by atoms with Gasteiger partial charge >= 0.3 is 5.97 Å². The Labute approximate surface area is 143 Å². The Morgan fingerprint density at radius 3 is 2.25 bits per heavy atom. The van der Waals surface area contributed by atoms with E-state index >= 15 is 0 Å². The monoisotopic (exact) mass is 338 g/mol. The second-order valence-electron chi connectivity index (χ2n) is 7.10. The number of carbonyl (C=O) groups excluding carboxylic acids is 1. The number of ether oxygens (including phenoxy) is 1. The zero-order valence-electron chi connectivity index (χ0n) is 14.5. The summed E-state index contributed by atoms with van der Waals surface area (Å²) in [6.45, 7) is 6.87. The van der Waals surface area contributed by atoms with Crippen molar-refractivity contribution in [3.63, 3.8) is 0 Å². The van der Waals surface area contributed by atoms with Crippen molar-refractivity contribution in [2.75, 3.05) is 7.11 Å². The first-order valence-corrected chi connectivity index (χ1v) is 11.6. The van der Waals surface area contributed by atoms with E-state index in [4.69, 9.17) is 4.74 Å². The van der Waals surface area contributed by atoms with Crippen LogP contribution in [0.15, 0.2) is 48.5 Å². The maximum atomic E-state index is 11.6. The second-order valence-corrected chi connectivity index (χ2v) is 12.1. The summed E-state index contributed by atoms with van der Waals surface area (Å²) in [6.07, 6.45) is -0.619. The molecule has 3 nitrogen and oxygen atoms in total. The van der Waals surface area contributed by atoms with Gasteiger partial charge in [-0.05, 0) is 39.6 Å². The molecular weight excluding hydrogens is 316 g/mol. The van der Waals surface area contributed by atoms with Crippen LogP contribution in [0.2, 0.25) is 19.6 Å². The lowest BCUT2D eigenvalue weighted by Crippen LogP contribution is -2.23. The number of benzene rings is 2. The van der Waals surface area contributed by atoms with E-state index in [0.717, 1.165) is 22.3 Å². The largest absolute Gasteiger partial charge is 0.465 e. The van der Waals surface area contributed by atoms with Crippen LogP contribution in [0.3, 0.4) is 0 Å². The lowest BCUT2D eigenvalue weighted by molar-refractivity contribution is 0.0600. The average molecular weight is 338 g/mol. The highest BCUT2D eigenvalue weighted by Crippen LogP contribution is 2.48. The van der Waals surface area contributed by atoms with Crippen molar-refractivity contribution in [1.29, 1.82) is 0 Å². The van der Waals surface area contributed by atoms with Crippen molar-refractivity contribution in [2.24, 2.45) is 0 Å². The highest BCUT2D eigenvalue weighted by Gasteiger charge is 2.36. The molecule has 0 aliphatic heterocycles. The summed E-state index contributed by atoms with van der Waals surface area (Å²) in [5.74, 6) is -0.351. The molecule has 0 spiro atoms. The fourth-order valence-electron chi connectivity index (χ4n) is 3.41. The van der Waals surface area contributed by atoms with E-state index in [1.807, 2.05) is 30.3 Å². The van der Waals surface area contributed by atoms with Gasteiger partial charge in [0.05, 0.1) is 20.7 Å². The Morgan fingerprint density at radius 2 is 1.67 bits per heavy atom. The molecule has 1 N–H and O–H groups in total. The molecule has 24 heavy (non-hydrogen) atoms. The molecule has 4 heteroatoms. The molecule has 124 valence electrons. The molecule has 0 bridgehead atoms. The van der Waals surface area contributed by atoms with Crippen molar-refractivity contribution in [3.05, 3.63) is 70.8 Å². The third kappa shape index (κ3) is 2.72. The third-order valence-corrected chi connectivity index (χ3v) is 6.47. The number of aliphatic hydroxyl groups excluding tert-OH is 1. The van der Waals surface area contributed by atoms with E-state index in [-0.39, 0.29) is 5.97 Å². The number of carbonyl (C=O) groups is 1. The zero-order chi connectivity index (χ0) is 17.5. The Balaban J connectivity index is 2.16. The molecule has 0 fully saturated rings. The standard InChI is InChI=1S/C20H22O3Si/c1-23-20(22)14-11-9-13(10-12-14)17-18(21)15-7-5-6-8-16(15)19(17)24(2,3)4/h5-12,18,21H,1-4H3. The van der Waals surface area contributed by atoms with Crippen LogP contribution >= 0.6 is 0 Å². The normalized spacial score (nSPS) is 17.0. The SMILES string of the molecule is COC(=O)c1ccc(C2=C([Si](C)(C)C)c3ccccc3C2O)cc1. The second kappa shape index (κ2) is 6.04. The van der Waals surface area contributed by atoms with Crippen LogP contribution in [0.25, 0.3) is 10.8 Å². The first kappa shape index (κ1) is 16.7. The molecule has 0 radical (unpaired) electrons. The van der Waals surface area contributed by atoms with Gasteiger partial charge in [-0.1, -0.05) is 56.0 Å². The molecule has 0 heterocycles. The Morgan fingerprint density at radius 1 is 1.04 bits per heavy atom. The van der Waals surface area contributed by atoms with E-state index in [2.05, 4.69) is 25.7 Å². The summed E-state index contributed by atoms with van der Waals surface area (Å²) >= 11 is 0. The number of esters is 1. The maximum Gasteiger partial charge on any atom is 0.337 e. The van der Waals surface area contributed by atoms with Crippen LogP contribution in [-0.4, -0.2) is 26.3 Å². The highest BCUT2D eigenvalue weighted by molar-refractivity contribution is 6.95. The summed E-state index contributed by atoms with van der Waals surface area (Å²) in [7, 11) is -0.303. The minimum Gasteiger partial charge on any atom is -0.465 e. The molecule has 1 aliphatic rings. The zero-order valence-corrected chi connectivity index (χ0v) is 15.5. The first-order chi connectivity index (χ1) is 11.3. The van der Waals surface area contributed by atoms with Gasteiger partial charge in [-0.3, -0.25) is 0 Å². The Kier molecular flexibility index (Phi) is 4.19. The Bertz CT molecular complexity index is 814. The van der Waals surface area contributed by atoms with Gasteiger partial charge in [-0.25, -0.2) is 4.79 Å². The molecule has 0 aromatic heterocycles. The number of fused-ring (bicyclic) bond motifs is 1. The topological polar surface area (TPSA) is 46.5 Å². The van der Waals surface area contributed by atoms with Crippen molar-refractivity contribution in [1.82, 2.24) is 0 Å². The van der Waals surface area contributed by atoms with E-state index in [1.165, 1.54) is 12.3 Å². The van der Waals surface area contributed by atoms with Gasteiger partial charge in [-0.15, -0.1) is 0 Å². The molecule has 2 aromatic rings. The number of methoxy groups -OCH3 is 1. The van der Waals surface area contributed by atoms with Crippen molar-refractivity contribution >= 4 is 24.8 Å². The van der Waals surface area contributed by atoms with Crippen LogP contribution in [0, 0.1) is 0 Å². The van der Waals surface area contributed by atoms with Crippen molar-refractivity contribution in [2.45, 2.75) is 25.7 Å². The predicted octanol–water partition coefficient (Wildman–Crippen LogP) is 4.31. The summed E-state index contributed by atoms with van der Waals surface area (Å²) in [5.41, 5.74) is 4.59. The summed E-state index contributed by atoms with van der Waals surface area (Å²) < 4.78 is 4.76. The third-order valence-electron chi connectivity index (χ3n) is 4.43. The number of hydrogen-bond donors (Lipinski definition) is 1. The van der Waals surface area contributed by atoms with Crippen LogP contribution in [0.1, 0.15) is 33.2 Å². The van der Waals surface area contributed by atoms with Gasteiger partial charge < -0.3 is 9.84 Å². The van der Waals surface area contributed by atoms with Gasteiger partial charge in [0.1, 0.15) is 6.10 Å². The van der Waals surface area contributed by atoms with Gasteiger partial charge in [0.25, 0.3) is 0 Å². The fraction of sp³-hybridized carbons (Fsp3) is 0.250. The summed E-state index contributed by atoms with van der Waals surface area (Å²) in [5, 5.41) is 12.2. The predicted molar refractivity (Wildman–Crippen MR) is 99.3 cm³/mol. The molecule has 1 atom stereocenters. The molecule has 1 unspecified atom stereocenters. The van der Waals surface area contributed by atoms with E-state index in [9.17, 15) is 9.90 Å². The van der Waals surface area contributed by atoms with E-state index in [1.54, 1.807) is 12.1 Å². The van der Waals surface area contributed by atoms with Crippen LogP contribution in [0.5, 0.6) is 0 Å². The molecule has 1 aliphatic carbocycles. The lowest BCUT2D eigenvalue weighted by Gasteiger charge is -2.22. The Hall–Kier alpha value is -2.17. The average Bonchev–Trinajstić information content (AvgIpc) is 2.88. The van der Waals surface area contributed by atoms with Crippen LogP contribution < -0.4 is 0 Å². The smallest absolute Gasteiger partial charge is 0.337 e. The number of rotatable bonds is 3. The van der Waals surface area contributed by atoms with Gasteiger partial charge in [-0.2, -0.15) is 0 Å². The van der Waals surface area contributed by atoms with Crippen LogP contribution in [-0.2, 0) is 4.74 Å². The molecule has 0 saturated heterocycles. The lowest BCUT2D eigenvalue weighted by atomic mass is 9.99. The van der Waals surface area contributed by atoms with E-state index < -0.39 is 14.2 Å². The van der Waals surface area contributed by atoms with Gasteiger partial charge in [0.15, 0.2) is 0 Å². The quantitative estimate of drug-likeness (QED) is 0.670.